The van der Waals surface area contributed by atoms with E-state index >= 15 is 0 Å². The first-order valence-electron chi connectivity index (χ1n) is 36.9. The number of hydrogen-bond acceptors (Lipinski definition) is 13. The Kier molecular flexibility index (Phi) is 90.4. The van der Waals surface area contributed by atoms with Gasteiger partial charge >= 0.3 is 192 Å². The van der Waals surface area contributed by atoms with Crippen molar-refractivity contribution < 1.29 is 78.1 Å². The molecule has 7 aromatic carbocycles. The van der Waals surface area contributed by atoms with Gasteiger partial charge in [0.05, 0.1) is 38.6 Å². The Labute approximate surface area is 829 Å². The van der Waals surface area contributed by atoms with E-state index in [2.05, 4.69) is 546 Å². The van der Waals surface area contributed by atoms with Crippen molar-refractivity contribution in [1.82, 2.24) is 64.0 Å². The third kappa shape index (κ3) is 66.0. The van der Waals surface area contributed by atoms with Crippen LogP contribution < -0.4 is 31.8 Å². The van der Waals surface area contributed by atoms with Crippen LogP contribution in [0.4, 0.5) is 0 Å². The van der Waals surface area contributed by atoms with E-state index in [1.807, 2.05) is 72.8 Å². The van der Waals surface area contributed by atoms with Gasteiger partial charge in [-0.25, -0.2) is 0 Å². The summed E-state index contributed by atoms with van der Waals surface area (Å²) in [5, 5.41) is 8.61. The number of benzene rings is 7. The summed E-state index contributed by atoms with van der Waals surface area (Å²) in [6.07, 6.45) is 7.07. The van der Waals surface area contributed by atoms with Crippen molar-refractivity contribution in [2.45, 2.75) is 13.1 Å². The van der Waals surface area contributed by atoms with Crippen molar-refractivity contribution >= 4 is 161 Å². The summed E-state index contributed by atoms with van der Waals surface area (Å²) in [6, 6.07) is 98.0. The zero-order chi connectivity index (χ0) is 88.4. The normalized spacial score (nSPS) is 10.1. The summed E-state index contributed by atoms with van der Waals surface area (Å²) in [7, 11) is 32.5. The molecule has 0 atom stereocenters. The molecule has 0 aliphatic carbocycles. The monoisotopic (exact) mass is 2460 g/mol. The molecule has 683 valence electrons. The fourth-order valence-electron chi connectivity index (χ4n) is 10.3. The van der Waals surface area contributed by atoms with Gasteiger partial charge in [0.15, 0.2) is 0 Å². The molecule has 29 heteroatoms. The summed E-state index contributed by atoms with van der Waals surface area (Å²) in [5.74, 6) is 0. The van der Waals surface area contributed by atoms with E-state index in [1.165, 1.54) is 64.8 Å². The number of nitrogens with zero attached hydrogens (tertiary/aromatic N) is 13. The van der Waals surface area contributed by atoms with Crippen molar-refractivity contribution in [3.8, 4) is 22.8 Å². The minimum atomic E-state index is -0.877. The van der Waals surface area contributed by atoms with Crippen molar-refractivity contribution in [2.75, 3.05) is 171 Å². The molecule has 0 unspecified atom stereocenters. The molecule has 120 heavy (non-hydrogen) atoms. The minimum Gasteiger partial charge on any atom is -0.255 e. The predicted molar refractivity (Wildman–Crippen MR) is 539 cm³/mol. The van der Waals surface area contributed by atoms with Gasteiger partial charge in [-0.2, -0.15) is 24.3 Å². The smallest absolute Gasteiger partial charge is 0.102 e. The Bertz CT molecular complexity index is 3410. The van der Waals surface area contributed by atoms with E-state index in [4.69, 9.17) is 0 Å². The summed E-state index contributed by atoms with van der Waals surface area (Å²) >= 11 is 37.8. The fourth-order valence-corrected chi connectivity index (χ4v) is 15.5. The van der Waals surface area contributed by atoms with Crippen LogP contribution >= 0.6 is 129 Å². The van der Waals surface area contributed by atoms with Gasteiger partial charge in [-0.1, -0.05) is 133 Å². The van der Waals surface area contributed by atoms with E-state index in [1.54, 1.807) is 24.8 Å². The van der Waals surface area contributed by atoms with Crippen LogP contribution in [-0.4, -0.2) is 235 Å². The molecule has 0 saturated heterocycles. The molecular formula is C91H126Br8Cu3N13Ni3P2+. The molecule has 4 heterocycles. The van der Waals surface area contributed by atoms with Crippen LogP contribution in [0.15, 0.2) is 298 Å². The number of hydrogen-bond donors (Lipinski definition) is 0. The van der Waals surface area contributed by atoms with Crippen LogP contribution in [0.3, 0.4) is 0 Å². The quantitative estimate of drug-likeness (QED) is 0.0279. The average Bonchev–Trinajstić information content (AvgIpc) is 0.803. The van der Waals surface area contributed by atoms with Gasteiger partial charge in [-0.3, -0.25) is 24.8 Å². The molecule has 0 aliphatic heterocycles. The maximum Gasteiger partial charge on any atom is 0.102 e. The molecule has 4 aromatic heterocycles. The zero-order valence-electron chi connectivity index (χ0n) is 72.0. The maximum atomic E-state index is 4.19. The molecule has 0 fully saturated rings. The van der Waals surface area contributed by atoms with Gasteiger partial charge in [0.1, 0.15) is 31.8 Å². The maximum absolute atomic E-state index is 4.19. The SMILES string of the molecule is CN(C)CCN(C)CCN(C)C.CN(C)CCN(CCN(C)C)CCN(C)C.CN(C)Cc1[c-]c(CN(C)C)ccc1.[Br][Ni+2][Br].[Br][Ni][Br].[CH3-].[CH3-].[Cu][Br].[Cu][Br].[Cu][Br].[Ni][Br].c1ccc(-c2ccccn2)nc1.c1ccc(-c2ccccn2)nc1.c1ccc([PH+](c2ccccc2)c2ccccc2)cc1.c1ccc([PH+](c2ccccc2)c2ccccc2)cc1. The average molecular weight is 2470 g/mol. The Hall–Kier alpha value is -1.48. The van der Waals surface area contributed by atoms with Gasteiger partial charge in [0.2, 0.25) is 0 Å². The van der Waals surface area contributed by atoms with Crippen LogP contribution in [0.25, 0.3) is 22.8 Å². The molecule has 0 aliphatic rings. The molecule has 11 aromatic rings. The standard InChI is InChI=1S/2C18H15P.C12H30N4.C12H19N2.2C10H8N2.C9H23N3.2CH3.8BrH.3Cu.3Ni/c2*1-4-10-16(11-5-1)19(17-12-6-2-7-13-17)18-14-8-3-9-15-18;1-13(2)7-10-16(11-8-14(3)4)12-9-15(5)6;1-13(2)9-11-6-5-7-12(8-11)10-14(3)4;2*1-3-7-11-9(5-1)10-6-2-4-8-12-10;1-10(2)6-8-12(5)9-7-11(3)4;;;;;;;;;;;;;;;;/h2*1-15H;7-12H2,1-6H3;5-7H,9-10H2,1-4H3;2*1-8H;6-9H2,1-5H3;2*1H3;8*1H;;;;;;/q;;;-1;;;;2*-1;;;;;;;;;4*+1;+2;+4/p-6. The van der Waals surface area contributed by atoms with Crippen LogP contribution in [0.5, 0.6) is 0 Å². The molecule has 0 spiro atoms. The second-order valence-corrected chi connectivity index (χ2v) is 42.2. The third-order valence-electron chi connectivity index (χ3n) is 15.9. The summed E-state index contributed by atoms with van der Waals surface area (Å²) in [6.45, 7) is 13.4. The van der Waals surface area contributed by atoms with E-state index in [-0.39, 0.29) is 14.9 Å². The largest absolute Gasteiger partial charge is 0.255 e. The molecule has 13 nitrogen and oxygen atoms in total. The summed E-state index contributed by atoms with van der Waals surface area (Å²) in [4.78, 5) is 37.1. The molecule has 0 amide bonds. The topological polar surface area (TPSA) is 80.7 Å². The van der Waals surface area contributed by atoms with Crippen LogP contribution in [0.1, 0.15) is 11.1 Å². The molecule has 0 N–H and O–H groups in total. The first-order chi connectivity index (χ1) is 57.2. The van der Waals surface area contributed by atoms with Crippen molar-refractivity contribution in [1.29, 1.82) is 0 Å². The number of rotatable bonds is 27. The zero-order valence-corrected chi connectivity index (χ0v) is 92.4. The van der Waals surface area contributed by atoms with Crippen molar-refractivity contribution in [2.24, 2.45) is 0 Å². The van der Waals surface area contributed by atoms with Gasteiger partial charge in [0, 0.05) is 103 Å². The third-order valence-corrected chi connectivity index (χ3v) is 21.4. The second kappa shape index (κ2) is 86.9. The Morgan fingerprint density at radius 3 is 0.642 bits per heavy atom. The Morgan fingerprint density at radius 2 is 0.475 bits per heavy atom. The molecule has 0 radical (unpaired) electrons. The van der Waals surface area contributed by atoms with Crippen LogP contribution in [-0.2, 0) is 91.2 Å². The summed E-state index contributed by atoms with van der Waals surface area (Å²) in [5.41, 5.74) is 6.18. The predicted octanol–water partition coefficient (Wildman–Crippen LogP) is 19.9. The molecule has 11 rings (SSSR count). The van der Waals surface area contributed by atoms with E-state index in [0.29, 0.717) is 0 Å². The second-order valence-electron chi connectivity index (χ2n) is 27.2. The molecule has 0 saturated carbocycles. The fraction of sp³-hybridized carbons (Fsp3) is 0.297. The first kappa shape index (κ1) is 125. The minimum absolute atomic E-state index is 0. The van der Waals surface area contributed by atoms with Crippen molar-refractivity contribution in [3.05, 3.63) is 330 Å². The van der Waals surface area contributed by atoms with Crippen LogP contribution in [0.2, 0.25) is 0 Å². The van der Waals surface area contributed by atoms with Gasteiger partial charge in [0.25, 0.3) is 0 Å². The molecule has 0 bridgehead atoms. The van der Waals surface area contributed by atoms with Gasteiger partial charge in [-0.05, 0) is 227 Å². The Balaban J connectivity index is -0.000000640. The van der Waals surface area contributed by atoms with E-state index in [9.17, 15) is 0 Å². The first-order valence-corrected chi connectivity index (χ1v) is 59.1. The molecular weight excluding hydrogens is 2340 g/mol. The van der Waals surface area contributed by atoms with Gasteiger partial charge < -0.3 is 54.1 Å². The van der Waals surface area contributed by atoms with E-state index in [0.717, 1.165) is 101 Å². The van der Waals surface area contributed by atoms with Gasteiger partial charge in [-0.15, -0.1) is 11.1 Å². The number of aromatic nitrogens is 4. The number of halogens is 8. The number of likely N-dealkylation sites (N-methyl/N-ethyl adjacent to an activating group) is 6. The summed E-state index contributed by atoms with van der Waals surface area (Å²) < 4.78 is 0. The van der Waals surface area contributed by atoms with E-state index < -0.39 is 15.8 Å². The Morgan fingerprint density at radius 1 is 0.292 bits per heavy atom. The van der Waals surface area contributed by atoms with Crippen molar-refractivity contribution in [3.63, 3.8) is 0 Å². The van der Waals surface area contributed by atoms with Crippen LogP contribution in [0, 0.1) is 20.9 Å². The number of pyridine rings is 4.